The average Bonchev–Trinajstić information content (AvgIpc) is 2.84. The van der Waals surface area contributed by atoms with Gasteiger partial charge in [0.2, 0.25) is 0 Å². The number of fused-ring (bicyclic) bond motifs is 1. The molecule has 0 N–H and O–H groups in total. The van der Waals surface area contributed by atoms with Crippen LogP contribution in [0.3, 0.4) is 0 Å². The van der Waals surface area contributed by atoms with E-state index in [1.54, 1.807) is 17.6 Å². The molecule has 0 aromatic carbocycles. The monoisotopic (exact) mass is 249 g/mol. The zero-order valence-corrected chi connectivity index (χ0v) is 11.3. The minimum atomic E-state index is -0.377. The van der Waals surface area contributed by atoms with Crippen LogP contribution in [0.1, 0.15) is 43.7 Å². The summed E-state index contributed by atoms with van der Waals surface area (Å²) in [5, 5.41) is 4.05. The van der Waals surface area contributed by atoms with Crippen LogP contribution in [-0.2, 0) is 11.2 Å². The van der Waals surface area contributed by atoms with E-state index in [9.17, 15) is 4.79 Å². The minimum absolute atomic E-state index is 0.351. The molecule has 0 aliphatic heterocycles. The Kier molecular flexibility index (Phi) is 5.30. The van der Waals surface area contributed by atoms with Crippen molar-refractivity contribution in [3.8, 4) is 0 Å². The summed E-state index contributed by atoms with van der Waals surface area (Å²) in [6.45, 7) is 8.14. The number of carbonyl (C=O) groups excluding carboxylic acids is 1. The Labute approximate surface area is 107 Å². The van der Waals surface area contributed by atoms with Crippen LogP contribution in [0.5, 0.6) is 0 Å². The number of hydrogen-bond donors (Lipinski definition) is 0. The zero-order valence-electron chi connectivity index (χ0n) is 11.3. The Balaban J connectivity index is 0.000000771. The van der Waals surface area contributed by atoms with E-state index in [1.165, 1.54) is 6.20 Å². The first-order valence-corrected chi connectivity index (χ1v) is 6.26. The van der Waals surface area contributed by atoms with Gasteiger partial charge in [0.25, 0.3) is 0 Å². The molecule has 98 valence electrons. The second-order valence-electron chi connectivity index (χ2n) is 3.32. The van der Waals surface area contributed by atoms with E-state index in [4.69, 9.17) is 4.74 Å². The van der Waals surface area contributed by atoms with E-state index in [0.717, 1.165) is 12.1 Å². The molecule has 0 spiro atoms. The molecule has 2 aromatic heterocycles. The summed E-state index contributed by atoms with van der Waals surface area (Å²) in [6, 6.07) is 1.88. The Hall–Kier alpha value is -1.91. The van der Waals surface area contributed by atoms with Gasteiger partial charge in [0.15, 0.2) is 5.65 Å². The number of carbonyl (C=O) groups is 1. The van der Waals surface area contributed by atoms with Crippen molar-refractivity contribution >= 4 is 11.6 Å². The Bertz CT molecular complexity index is 520. The van der Waals surface area contributed by atoms with Crippen molar-refractivity contribution in [2.24, 2.45) is 0 Å². The number of rotatable bonds is 3. The summed E-state index contributed by atoms with van der Waals surface area (Å²) in [5.41, 5.74) is 1.90. The number of esters is 1. The van der Waals surface area contributed by atoms with E-state index in [-0.39, 0.29) is 5.97 Å². The van der Waals surface area contributed by atoms with Crippen LogP contribution in [0.4, 0.5) is 0 Å². The van der Waals surface area contributed by atoms with Gasteiger partial charge in [-0.2, -0.15) is 5.10 Å². The summed E-state index contributed by atoms with van der Waals surface area (Å²) < 4.78 is 6.51. The normalized spacial score (nSPS) is 9.78. The molecule has 0 fully saturated rings. The van der Waals surface area contributed by atoms with Crippen LogP contribution in [0.2, 0.25) is 0 Å². The van der Waals surface area contributed by atoms with E-state index in [1.807, 2.05) is 26.8 Å². The Morgan fingerprint density at radius 2 is 2.11 bits per heavy atom. The highest BCUT2D eigenvalue weighted by Crippen LogP contribution is 2.10. The number of aryl methyl sites for hydroxylation is 1. The van der Waals surface area contributed by atoms with Crippen LogP contribution < -0.4 is 0 Å². The fourth-order valence-corrected chi connectivity index (χ4v) is 1.46. The van der Waals surface area contributed by atoms with Crippen LogP contribution in [0, 0.1) is 0 Å². The van der Waals surface area contributed by atoms with E-state index >= 15 is 0 Å². The topological polar surface area (TPSA) is 56.5 Å². The number of ether oxygens (including phenoxy) is 1. The van der Waals surface area contributed by atoms with Crippen molar-refractivity contribution in [2.75, 3.05) is 6.61 Å². The van der Waals surface area contributed by atoms with Gasteiger partial charge >= 0.3 is 5.97 Å². The molecule has 18 heavy (non-hydrogen) atoms. The molecule has 0 aliphatic carbocycles. The van der Waals surface area contributed by atoms with Gasteiger partial charge in [0.05, 0.1) is 12.8 Å². The predicted octanol–water partition coefficient (Wildman–Crippen LogP) is 2.49. The minimum Gasteiger partial charge on any atom is -0.462 e. The third-order valence-electron chi connectivity index (χ3n) is 2.28. The van der Waals surface area contributed by atoms with Gasteiger partial charge in [0, 0.05) is 11.9 Å². The summed E-state index contributed by atoms with van der Waals surface area (Å²) in [5.74, 6) is -0.377. The standard InChI is InChI=1S/C11H13N3O2.C2H6/c1-3-8-5-6-14-10(13-8)9(7-12-14)11(15)16-4-2;1-2/h5-7H,3-4H2,1-2H3;1-2H3. The van der Waals surface area contributed by atoms with E-state index < -0.39 is 0 Å². The molecule has 0 saturated heterocycles. The van der Waals surface area contributed by atoms with Crippen LogP contribution >= 0.6 is 0 Å². The quantitative estimate of drug-likeness (QED) is 0.784. The lowest BCUT2D eigenvalue weighted by atomic mass is 10.3. The highest BCUT2D eigenvalue weighted by Gasteiger charge is 2.14. The van der Waals surface area contributed by atoms with Crippen LogP contribution in [-0.4, -0.2) is 27.2 Å². The molecule has 0 atom stereocenters. The van der Waals surface area contributed by atoms with Crippen molar-refractivity contribution in [3.63, 3.8) is 0 Å². The molecule has 0 aliphatic rings. The number of hydrogen-bond acceptors (Lipinski definition) is 4. The largest absolute Gasteiger partial charge is 0.462 e. The maximum atomic E-state index is 11.6. The van der Waals surface area contributed by atoms with Gasteiger partial charge in [-0.1, -0.05) is 20.8 Å². The molecule has 0 saturated carbocycles. The first kappa shape index (κ1) is 14.2. The van der Waals surface area contributed by atoms with Crippen molar-refractivity contribution in [1.82, 2.24) is 14.6 Å². The lowest BCUT2D eigenvalue weighted by Crippen LogP contribution is -2.05. The molecule has 0 unspecified atom stereocenters. The molecule has 2 heterocycles. The maximum Gasteiger partial charge on any atom is 0.343 e. The molecule has 2 rings (SSSR count). The van der Waals surface area contributed by atoms with Crippen LogP contribution in [0.15, 0.2) is 18.5 Å². The Morgan fingerprint density at radius 3 is 2.72 bits per heavy atom. The molecule has 5 heteroatoms. The molecule has 0 radical (unpaired) electrons. The lowest BCUT2D eigenvalue weighted by molar-refractivity contribution is 0.0528. The van der Waals surface area contributed by atoms with Gasteiger partial charge in [-0.3, -0.25) is 0 Å². The highest BCUT2D eigenvalue weighted by molar-refractivity contribution is 5.95. The smallest absolute Gasteiger partial charge is 0.343 e. The summed E-state index contributed by atoms with van der Waals surface area (Å²) in [7, 11) is 0. The van der Waals surface area contributed by atoms with E-state index in [0.29, 0.717) is 17.8 Å². The molecular formula is C13H19N3O2. The average molecular weight is 249 g/mol. The third-order valence-corrected chi connectivity index (χ3v) is 2.28. The SMILES string of the molecule is CC.CCOC(=O)c1cnn2ccc(CC)nc12. The van der Waals surface area contributed by atoms with Crippen molar-refractivity contribution in [2.45, 2.75) is 34.1 Å². The molecule has 0 bridgehead atoms. The summed E-state index contributed by atoms with van der Waals surface area (Å²) in [4.78, 5) is 16.0. The number of nitrogens with zero attached hydrogens (tertiary/aromatic N) is 3. The first-order chi connectivity index (χ1) is 8.76. The number of aromatic nitrogens is 3. The summed E-state index contributed by atoms with van der Waals surface area (Å²) >= 11 is 0. The zero-order chi connectivity index (χ0) is 13.5. The fraction of sp³-hybridized carbons (Fsp3) is 0.462. The van der Waals surface area contributed by atoms with Crippen molar-refractivity contribution in [1.29, 1.82) is 0 Å². The second-order valence-corrected chi connectivity index (χ2v) is 3.32. The second kappa shape index (κ2) is 6.74. The molecule has 2 aromatic rings. The Morgan fingerprint density at radius 1 is 1.39 bits per heavy atom. The third kappa shape index (κ3) is 2.85. The highest BCUT2D eigenvalue weighted by atomic mass is 16.5. The van der Waals surface area contributed by atoms with E-state index in [2.05, 4.69) is 10.1 Å². The van der Waals surface area contributed by atoms with Gasteiger partial charge in [0.1, 0.15) is 5.56 Å². The van der Waals surface area contributed by atoms with Gasteiger partial charge in [-0.25, -0.2) is 14.3 Å². The van der Waals surface area contributed by atoms with Gasteiger partial charge in [-0.05, 0) is 19.4 Å². The molecule has 0 amide bonds. The fourth-order valence-electron chi connectivity index (χ4n) is 1.46. The lowest BCUT2D eigenvalue weighted by Gasteiger charge is -2.00. The van der Waals surface area contributed by atoms with Crippen LogP contribution in [0.25, 0.3) is 5.65 Å². The summed E-state index contributed by atoms with van der Waals surface area (Å²) in [6.07, 6.45) is 4.10. The van der Waals surface area contributed by atoms with Crippen molar-refractivity contribution in [3.05, 3.63) is 29.7 Å². The van der Waals surface area contributed by atoms with Crippen molar-refractivity contribution < 1.29 is 9.53 Å². The predicted molar refractivity (Wildman–Crippen MR) is 69.7 cm³/mol. The maximum absolute atomic E-state index is 11.6. The molecular weight excluding hydrogens is 230 g/mol. The van der Waals surface area contributed by atoms with Gasteiger partial charge in [-0.15, -0.1) is 0 Å². The molecule has 5 nitrogen and oxygen atoms in total. The first-order valence-electron chi connectivity index (χ1n) is 6.26. The van der Waals surface area contributed by atoms with Gasteiger partial charge < -0.3 is 4.74 Å².